The number of rotatable bonds is 5. The SMILES string of the molecule is CCCN(C)C(C=O)[I-]C. The van der Waals surface area contributed by atoms with Crippen LogP contribution >= 0.6 is 0 Å². The first-order chi connectivity index (χ1) is 4.76. The molecule has 0 aliphatic carbocycles. The molecule has 10 heavy (non-hydrogen) atoms. The molecular weight excluding hydrogens is 241 g/mol. The molecule has 0 amide bonds. The van der Waals surface area contributed by atoms with E-state index in [0.717, 1.165) is 19.3 Å². The topological polar surface area (TPSA) is 20.3 Å². The van der Waals surface area contributed by atoms with Crippen molar-refractivity contribution >= 4 is 6.29 Å². The Morgan fingerprint density at radius 1 is 1.70 bits per heavy atom. The summed E-state index contributed by atoms with van der Waals surface area (Å²) in [6, 6.07) is 0. The number of carbonyl (C=O) groups excluding carboxylic acids is 1. The first-order valence-electron chi connectivity index (χ1n) is 3.39. The van der Waals surface area contributed by atoms with Crippen molar-refractivity contribution in [1.29, 1.82) is 0 Å². The molecule has 0 aromatic rings. The summed E-state index contributed by atoms with van der Waals surface area (Å²) in [5.74, 6) is 0. The molecule has 0 rings (SSSR count). The van der Waals surface area contributed by atoms with Gasteiger partial charge in [-0.25, -0.2) is 0 Å². The van der Waals surface area contributed by atoms with Crippen molar-refractivity contribution in [3.8, 4) is 0 Å². The molecule has 0 radical (unpaired) electrons. The second-order valence-electron chi connectivity index (χ2n) is 2.21. The summed E-state index contributed by atoms with van der Waals surface area (Å²) in [5, 5.41) is 0. The summed E-state index contributed by atoms with van der Waals surface area (Å²) in [7, 11) is 2.02. The van der Waals surface area contributed by atoms with E-state index in [1.807, 2.05) is 7.05 Å². The molecule has 0 heterocycles. The molecule has 0 N–H and O–H groups in total. The standard InChI is InChI=1S/C7H15INO/c1-4-5-9(3)7(6-10)8-2/h6-7H,4-5H2,1-3H3/q-1. The van der Waals surface area contributed by atoms with Gasteiger partial charge in [-0.05, 0) is 0 Å². The molecule has 0 aromatic heterocycles. The third-order valence-electron chi connectivity index (χ3n) is 1.33. The molecular formula is C7H15INO-. The average molecular weight is 256 g/mol. The first-order valence-corrected chi connectivity index (χ1v) is 6.80. The van der Waals surface area contributed by atoms with Crippen LogP contribution in [-0.4, -0.2) is 33.8 Å². The molecule has 2 nitrogen and oxygen atoms in total. The number of likely N-dealkylation sites (N-methyl/N-ethyl adjacent to an activating group) is 1. The number of hydrogen-bond acceptors (Lipinski definition) is 2. The van der Waals surface area contributed by atoms with Crippen LogP contribution in [0.2, 0.25) is 0 Å². The van der Waals surface area contributed by atoms with Crippen molar-refractivity contribution in [3.05, 3.63) is 0 Å². The van der Waals surface area contributed by atoms with Crippen LogP contribution < -0.4 is 21.2 Å². The molecule has 0 bridgehead atoms. The van der Waals surface area contributed by atoms with Crippen molar-refractivity contribution in [2.75, 3.05) is 18.5 Å². The first kappa shape index (κ1) is 10.4. The third-order valence-corrected chi connectivity index (χ3v) is 3.85. The minimum atomic E-state index is 0.0466. The third kappa shape index (κ3) is 3.51. The molecule has 0 saturated carbocycles. The Hall–Kier alpha value is 0.360. The Kier molecular flexibility index (Phi) is 6.31. The molecule has 1 atom stereocenters. The average Bonchev–Trinajstić information content (AvgIpc) is 1.91. The van der Waals surface area contributed by atoms with E-state index in [1.165, 1.54) is 0 Å². The fourth-order valence-electron chi connectivity index (χ4n) is 0.798. The Balaban J connectivity index is 3.63. The van der Waals surface area contributed by atoms with E-state index in [-0.39, 0.29) is 25.3 Å². The number of nitrogens with zero attached hydrogens (tertiary/aromatic N) is 1. The van der Waals surface area contributed by atoms with Crippen LogP contribution in [-0.2, 0) is 4.79 Å². The molecule has 1 unspecified atom stereocenters. The number of aldehydes is 1. The molecule has 0 spiro atoms. The zero-order valence-electron chi connectivity index (χ0n) is 6.80. The van der Waals surface area contributed by atoms with E-state index in [9.17, 15) is 4.79 Å². The van der Waals surface area contributed by atoms with Crippen LogP contribution in [0.1, 0.15) is 13.3 Å². The van der Waals surface area contributed by atoms with Crippen LogP contribution in [0.5, 0.6) is 0 Å². The fraction of sp³-hybridized carbons (Fsp3) is 0.857. The van der Waals surface area contributed by atoms with Crippen molar-refractivity contribution < 1.29 is 26.0 Å². The van der Waals surface area contributed by atoms with Crippen molar-refractivity contribution in [2.45, 2.75) is 17.4 Å². The predicted molar refractivity (Wildman–Crippen MR) is 38.7 cm³/mol. The van der Waals surface area contributed by atoms with Gasteiger partial charge in [0.2, 0.25) is 0 Å². The quantitative estimate of drug-likeness (QED) is 0.236. The summed E-state index contributed by atoms with van der Waals surface area (Å²) < 4.78 is 0.235. The van der Waals surface area contributed by atoms with Gasteiger partial charge in [0.1, 0.15) is 0 Å². The van der Waals surface area contributed by atoms with Crippen molar-refractivity contribution in [3.63, 3.8) is 0 Å². The van der Waals surface area contributed by atoms with E-state index in [0.29, 0.717) is 0 Å². The Morgan fingerprint density at radius 3 is 2.60 bits per heavy atom. The van der Waals surface area contributed by atoms with Gasteiger partial charge in [-0.2, -0.15) is 0 Å². The summed E-state index contributed by atoms with van der Waals surface area (Å²) >= 11 is 0.0466. The second-order valence-corrected chi connectivity index (χ2v) is 4.73. The predicted octanol–water partition coefficient (Wildman–Crippen LogP) is -2.43. The van der Waals surface area contributed by atoms with Crippen molar-refractivity contribution in [2.24, 2.45) is 0 Å². The Labute approximate surface area is 73.2 Å². The second kappa shape index (κ2) is 6.09. The van der Waals surface area contributed by atoms with Gasteiger partial charge in [0.05, 0.1) is 0 Å². The van der Waals surface area contributed by atoms with E-state index in [1.54, 1.807) is 0 Å². The fourth-order valence-corrected chi connectivity index (χ4v) is 2.32. The van der Waals surface area contributed by atoms with Crippen LogP contribution in [0.4, 0.5) is 0 Å². The van der Waals surface area contributed by atoms with Gasteiger partial charge in [-0.3, -0.25) is 0 Å². The summed E-state index contributed by atoms with van der Waals surface area (Å²) in [6.45, 7) is 3.17. The normalized spacial score (nSPS) is 14.0. The van der Waals surface area contributed by atoms with E-state index >= 15 is 0 Å². The van der Waals surface area contributed by atoms with Gasteiger partial charge in [0.25, 0.3) is 0 Å². The molecule has 0 aromatic carbocycles. The number of hydrogen-bond donors (Lipinski definition) is 0. The molecule has 62 valence electrons. The summed E-state index contributed by atoms with van der Waals surface area (Å²) in [6.07, 6.45) is 2.20. The van der Waals surface area contributed by atoms with E-state index in [2.05, 4.69) is 16.8 Å². The molecule has 3 heteroatoms. The summed E-state index contributed by atoms with van der Waals surface area (Å²) in [5.41, 5.74) is 0. The maximum atomic E-state index is 10.4. The van der Waals surface area contributed by atoms with Crippen molar-refractivity contribution in [1.82, 2.24) is 4.90 Å². The van der Waals surface area contributed by atoms with Gasteiger partial charge >= 0.3 is 73.1 Å². The zero-order valence-corrected chi connectivity index (χ0v) is 8.96. The van der Waals surface area contributed by atoms with Gasteiger partial charge in [0.15, 0.2) is 0 Å². The number of carbonyl (C=O) groups is 1. The Bertz CT molecular complexity index is 97.6. The number of alkyl halides is 2. The molecule has 0 fully saturated rings. The molecule has 0 aliphatic heterocycles. The van der Waals surface area contributed by atoms with Gasteiger partial charge in [0, 0.05) is 0 Å². The van der Waals surface area contributed by atoms with Gasteiger partial charge in [-0.1, -0.05) is 0 Å². The van der Waals surface area contributed by atoms with Gasteiger partial charge in [-0.15, -0.1) is 0 Å². The maximum absolute atomic E-state index is 10.4. The monoisotopic (exact) mass is 256 g/mol. The molecule has 0 aliphatic rings. The van der Waals surface area contributed by atoms with Crippen LogP contribution in [0.15, 0.2) is 0 Å². The zero-order chi connectivity index (χ0) is 7.98. The van der Waals surface area contributed by atoms with Gasteiger partial charge < -0.3 is 0 Å². The minimum absolute atomic E-state index is 0.0466. The van der Waals surface area contributed by atoms with Crippen LogP contribution in [0.25, 0.3) is 0 Å². The Morgan fingerprint density at radius 2 is 2.30 bits per heavy atom. The number of halogens is 1. The van der Waals surface area contributed by atoms with E-state index in [4.69, 9.17) is 0 Å². The van der Waals surface area contributed by atoms with E-state index < -0.39 is 0 Å². The van der Waals surface area contributed by atoms with Crippen LogP contribution in [0, 0.1) is 0 Å². The summed E-state index contributed by atoms with van der Waals surface area (Å²) in [4.78, 5) is 14.7. The molecule has 0 saturated heterocycles. The van der Waals surface area contributed by atoms with Crippen LogP contribution in [0.3, 0.4) is 0 Å².